The van der Waals surface area contributed by atoms with Crippen molar-refractivity contribution in [1.82, 2.24) is 0 Å². The van der Waals surface area contributed by atoms with Crippen LogP contribution in [0.25, 0.3) is 0 Å². The molecule has 0 heterocycles. The summed E-state index contributed by atoms with van der Waals surface area (Å²) in [6, 6.07) is 7.38. The Labute approximate surface area is 114 Å². The van der Waals surface area contributed by atoms with Crippen molar-refractivity contribution in [1.29, 1.82) is 0 Å². The molecule has 0 amide bonds. The summed E-state index contributed by atoms with van der Waals surface area (Å²) >= 11 is 0. The summed E-state index contributed by atoms with van der Waals surface area (Å²) in [6.45, 7) is 2.31. The van der Waals surface area contributed by atoms with Crippen LogP contribution >= 0.6 is 0 Å². The molecule has 2 rings (SSSR count). The molecule has 0 aromatic heterocycles. The van der Waals surface area contributed by atoms with E-state index in [1.807, 2.05) is 18.2 Å². The van der Waals surface area contributed by atoms with Crippen LogP contribution in [0.15, 0.2) is 24.3 Å². The molecule has 1 aliphatic carbocycles. The minimum atomic E-state index is -0.924. The second-order valence-electron chi connectivity index (χ2n) is 5.80. The molecule has 1 fully saturated rings. The lowest BCUT2D eigenvalue weighted by Crippen LogP contribution is -2.32. The summed E-state index contributed by atoms with van der Waals surface area (Å²) in [5.41, 5.74) is 8.09. The van der Waals surface area contributed by atoms with Crippen LogP contribution in [0.1, 0.15) is 49.7 Å². The third-order valence-electron chi connectivity index (χ3n) is 4.27. The summed E-state index contributed by atoms with van der Waals surface area (Å²) in [5, 5.41) is 8.95. The van der Waals surface area contributed by atoms with Gasteiger partial charge < -0.3 is 10.8 Å². The maximum Gasteiger partial charge on any atom is 0.320 e. The van der Waals surface area contributed by atoms with E-state index in [9.17, 15) is 4.79 Å². The first-order valence-corrected chi connectivity index (χ1v) is 7.14. The molecule has 1 unspecified atom stereocenters. The third kappa shape index (κ3) is 3.57. The molecule has 1 atom stereocenters. The molecule has 0 spiro atoms. The van der Waals surface area contributed by atoms with Crippen LogP contribution in [-0.2, 0) is 11.2 Å². The van der Waals surface area contributed by atoms with Gasteiger partial charge in [0.2, 0.25) is 0 Å². The van der Waals surface area contributed by atoms with Gasteiger partial charge in [0.1, 0.15) is 6.04 Å². The van der Waals surface area contributed by atoms with Gasteiger partial charge in [-0.1, -0.05) is 44.0 Å². The quantitative estimate of drug-likeness (QED) is 0.876. The molecule has 1 aromatic carbocycles. The second kappa shape index (κ2) is 6.20. The molecule has 0 radical (unpaired) electrons. The Bertz CT molecular complexity index is 436. The maximum atomic E-state index is 10.9. The van der Waals surface area contributed by atoms with Crippen LogP contribution < -0.4 is 5.73 Å². The number of aliphatic carboxylic acids is 1. The Morgan fingerprint density at radius 2 is 1.95 bits per heavy atom. The standard InChI is InChI=1S/C16H23NO2/c1-11-6-8-12(9-7-11)14-5-3-2-4-13(14)10-15(17)16(18)19/h2-5,11-12,15H,6-10,17H2,1H3,(H,18,19). The van der Waals surface area contributed by atoms with Crippen LogP contribution in [0.3, 0.4) is 0 Å². The van der Waals surface area contributed by atoms with Gasteiger partial charge in [-0.05, 0) is 42.2 Å². The van der Waals surface area contributed by atoms with Gasteiger partial charge in [-0.25, -0.2) is 0 Å². The minimum absolute atomic E-state index is 0.428. The van der Waals surface area contributed by atoms with Crippen LogP contribution in [0, 0.1) is 5.92 Å². The lowest BCUT2D eigenvalue weighted by Gasteiger charge is -2.28. The summed E-state index contributed by atoms with van der Waals surface area (Å²) in [7, 11) is 0. The zero-order valence-corrected chi connectivity index (χ0v) is 11.5. The summed E-state index contributed by atoms with van der Waals surface area (Å²) < 4.78 is 0. The molecular formula is C16H23NO2. The molecule has 1 aromatic rings. The highest BCUT2D eigenvalue weighted by Gasteiger charge is 2.23. The van der Waals surface area contributed by atoms with Gasteiger partial charge in [-0.3, -0.25) is 4.79 Å². The fraction of sp³-hybridized carbons (Fsp3) is 0.562. The van der Waals surface area contributed by atoms with Crippen LogP contribution in [0.5, 0.6) is 0 Å². The fourth-order valence-electron chi connectivity index (χ4n) is 3.01. The average Bonchev–Trinajstić information content (AvgIpc) is 2.40. The Morgan fingerprint density at radius 1 is 1.32 bits per heavy atom. The largest absolute Gasteiger partial charge is 0.480 e. The van der Waals surface area contributed by atoms with Gasteiger partial charge in [0.05, 0.1) is 0 Å². The Balaban J connectivity index is 2.14. The molecule has 0 bridgehead atoms. The number of benzene rings is 1. The third-order valence-corrected chi connectivity index (χ3v) is 4.27. The molecule has 3 heteroatoms. The lowest BCUT2D eigenvalue weighted by molar-refractivity contribution is -0.138. The van der Waals surface area contributed by atoms with E-state index < -0.39 is 12.0 Å². The van der Waals surface area contributed by atoms with Gasteiger partial charge in [0.25, 0.3) is 0 Å². The maximum absolute atomic E-state index is 10.9. The number of nitrogens with two attached hydrogens (primary N) is 1. The van der Waals surface area contributed by atoms with Crippen molar-refractivity contribution in [3.05, 3.63) is 35.4 Å². The van der Waals surface area contributed by atoms with Gasteiger partial charge >= 0.3 is 5.97 Å². The highest BCUT2D eigenvalue weighted by Crippen LogP contribution is 2.37. The first kappa shape index (κ1) is 14.1. The van der Waals surface area contributed by atoms with Crippen molar-refractivity contribution in [3.8, 4) is 0 Å². The first-order valence-electron chi connectivity index (χ1n) is 7.14. The van der Waals surface area contributed by atoms with Gasteiger partial charge in [0.15, 0.2) is 0 Å². The number of carbonyl (C=O) groups is 1. The van der Waals surface area contributed by atoms with Crippen LogP contribution in [0.4, 0.5) is 0 Å². The lowest BCUT2D eigenvalue weighted by atomic mass is 9.77. The van der Waals surface area contributed by atoms with E-state index in [0.717, 1.165) is 11.5 Å². The summed E-state index contributed by atoms with van der Waals surface area (Å²) in [4.78, 5) is 10.9. The number of hydrogen-bond donors (Lipinski definition) is 2. The molecule has 3 N–H and O–H groups in total. The molecule has 19 heavy (non-hydrogen) atoms. The highest BCUT2D eigenvalue weighted by molar-refractivity contribution is 5.73. The number of hydrogen-bond acceptors (Lipinski definition) is 2. The first-order chi connectivity index (χ1) is 9.08. The number of rotatable bonds is 4. The van der Waals surface area contributed by atoms with E-state index >= 15 is 0 Å². The average molecular weight is 261 g/mol. The van der Waals surface area contributed by atoms with Crippen LogP contribution in [0.2, 0.25) is 0 Å². The number of carboxylic acid groups (broad SMARTS) is 1. The Hall–Kier alpha value is -1.35. The number of carboxylic acids is 1. The predicted molar refractivity (Wildman–Crippen MR) is 76.1 cm³/mol. The van der Waals surface area contributed by atoms with Crippen molar-refractivity contribution >= 4 is 5.97 Å². The van der Waals surface area contributed by atoms with Crippen molar-refractivity contribution in [2.45, 2.75) is 51.0 Å². The van der Waals surface area contributed by atoms with Crippen molar-refractivity contribution < 1.29 is 9.90 Å². The highest BCUT2D eigenvalue weighted by atomic mass is 16.4. The molecule has 1 aliphatic rings. The molecule has 0 saturated heterocycles. The van der Waals surface area contributed by atoms with Gasteiger partial charge in [-0.2, -0.15) is 0 Å². The van der Waals surface area contributed by atoms with Crippen molar-refractivity contribution in [2.24, 2.45) is 11.7 Å². The summed E-state index contributed by atoms with van der Waals surface area (Å²) in [5.74, 6) is 0.477. The van der Waals surface area contributed by atoms with E-state index in [2.05, 4.69) is 13.0 Å². The smallest absolute Gasteiger partial charge is 0.320 e. The topological polar surface area (TPSA) is 63.3 Å². The molecule has 0 aliphatic heterocycles. The van der Waals surface area contributed by atoms with Crippen LogP contribution in [-0.4, -0.2) is 17.1 Å². The predicted octanol–water partition coefficient (Wildman–Crippen LogP) is 2.93. The summed E-state index contributed by atoms with van der Waals surface area (Å²) in [6.07, 6.45) is 5.38. The van der Waals surface area contributed by atoms with E-state index in [-0.39, 0.29) is 0 Å². The van der Waals surface area contributed by atoms with Gasteiger partial charge in [0, 0.05) is 0 Å². The Kier molecular flexibility index (Phi) is 4.59. The minimum Gasteiger partial charge on any atom is -0.480 e. The van der Waals surface area contributed by atoms with Crippen molar-refractivity contribution in [2.75, 3.05) is 0 Å². The van der Waals surface area contributed by atoms with E-state index in [1.165, 1.54) is 31.2 Å². The monoisotopic (exact) mass is 261 g/mol. The zero-order chi connectivity index (χ0) is 13.8. The van der Waals surface area contributed by atoms with E-state index in [4.69, 9.17) is 10.8 Å². The normalized spacial score (nSPS) is 24.9. The Morgan fingerprint density at radius 3 is 2.58 bits per heavy atom. The van der Waals surface area contributed by atoms with E-state index in [1.54, 1.807) is 0 Å². The second-order valence-corrected chi connectivity index (χ2v) is 5.80. The van der Waals surface area contributed by atoms with Gasteiger partial charge in [-0.15, -0.1) is 0 Å². The SMILES string of the molecule is CC1CCC(c2ccccc2CC(N)C(=O)O)CC1. The fourth-order valence-corrected chi connectivity index (χ4v) is 3.01. The van der Waals surface area contributed by atoms with E-state index in [0.29, 0.717) is 12.3 Å². The molecule has 3 nitrogen and oxygen atoms in total. The zero-order valence-electron chi connectivity index (χ0n) is 11.5. The molecule has 1 saturated carbocycles. The molecular weight excluding hydrogens is 238 g/mol. The van der Waals surface area contributed by atoms with Crippen molar-refractivity contribution in [3.63, 3.8) is 0 Å². The molecule has 104 valence electrons.